The largest absolute Gasteiger partial charge is 0.387 e. The van der Waals surface area contributed by atoms with Crippen molar-refractivity contribution in [2.75, 3.05) is 17.7 Å². The zero-order valence-electron chi connectivity index (χ0n) is 11.0. The Hall–Kier alpha value is -2.67. The second-order valence-electron chi connectivity index (χ2n) is 4.02. The maximum Gasteiger partial charge on any atom is 0.270 e. The molecular formula is C13H11ClN4O3. The Morgan fingerprint density at radius 3 is 2.76 bits per heavy atom. The van der Waals surface area contributed by atoms with E-state index in [0.717, 1.165) is 0 Å². The summed E-state index contributed by atoms with van der Waals surface area (Å²) in [5.74, 6) is -0.346. The third-order valence-corrected chi connectivity index (χ3v) is 3.02. The molecule has 1 heterocycles. The predicted octanol–water partition coefficient (Wildman–Crippen LogP) is 2.94. The highest BCUT2D eigenvalue weighted by molar-refractivity contribution is 6.33. The van der Waals surface area contributed by atoms with Crippen LogP contribution in [0.1, 0.15) is 10.4 Å². The Bertz CT molecular complexity index is 706. The molecule has 0 fully saturated rings. The van der Waals surface area contributed by atoms with Crippen molar-refractivity contribution < 1.29 is 9.72 Å². The van der Waals surface area contributed by atoms with Crippen LogP contribution in [-0.4, -0.2) is 22.9 Å². The van der Waals surface area contributed by atoms with E-state index in [4.69, 9.17) is 11.6 Å². The van der Waals surface area contributed by atoms with Gasteiger partial charge in [0.25, 0.3) is 11.6 Å². The maximum absolute atomic E-state index is 12.2. The number of aromatic nitrogens is 1. The van der Waals surface area contributed by atoms with E-state index in [0.29, 0.717) is 5.69 Å². The minimum atomic E-state index is -0.566. The number of benzene rings is 1. The van der Waals surface area contributed by atoms with Gasteiger partial charge in [-0.15, -0.1) is 0 Å². The zero-order chi connectivity index (χ0) is 15.4. The third-order valence-electron chi connectivity index (χ3n) is 2.72. The van der Waals surface area contributed by atoms with Crippen LogP contribution in [0.5, 0.6) is 0 Å². The smallest absolute Gasteiger partial charge is 0.270 e. The predicted molar refractivity (Wildman–Crippen MR) is 79.8 cm³/mol. The fraction of sp³-hybridized carbons (Fsp3) is 0.0769. The average Bonchev–Trinajstić information content (AvgIpc) is 2.48. The van der Waals surface area contributed by atoms with E-state index in [-0.39, 0.29) is 22.1 Å². The fourth-order valence-electron chi connectivity index (χ4n) is 1.70. The van der Waals surface area contributed by atoms with Crippen molar-refractivity contribution in [3.8, 4) is 0 Å². The van der Waals surface area contributed by atoms with Gasteiger partial charge in [-0.25, -0.2) is 4.98 Å². The van der Waals surface area contributed by atoms with Crippen molar-refractivity contribution in [1.82, 2.24) is 4.98 Å². The molecular weight excluding hydrogens is 296 g/mol. The number of non-ortho nitro benzene ring substituents is 1. The van der Waals surface area contributed by atoms with Gasteiger partial charge < -0.3 is 10.6 Å². The summed E-state index contributed by atoms with van der Waals surface area (Å²) in [4.78, 5) is 26.4. The minimum absolute atomic E-state index is 0.133. The number of nitrogens with one attached hydrogen (secondary N) is 2. The summed E-state index contributed by atoms with van der Waals surface area (Å²) in [6.45, 7) is 0. The molecule has 0 spiro atoms. The van der Waals surface area contributed by atoms with Crippen LogP contribution in [-0.2, 0) is 0 Å². The van der Waals surface area contributed by atoms with Crippen LogP contribution >= 0.6 is 11.6 Å². The summed E-state index contributed by atoms with van der Waals surface area (Å²) in [5.41, 5.74) is 0.421. The number of amides is 1. The molecule has 108 valence electrons. The lowest BCUT2D eigenvalue weighted by Crippen LogP contribution is -2.15. The molecule has 1 aromatic carbocycles. The van der Waals surface area contributed by atoms with Gasteiger partial charge in [-0.05, 0) is 18.2 Å². The van der Waals surface area contributed by atoms with Gasteiger partial charge in [0.2, 0.25) is 0 Å². The Labute approximate surface area is 125 Å². The first kappa shape index (κ1) is 14.7. The van der Waals surface area contributed by atoms with Gasteiger partial charge in [0.1, 0.15) is 0 Å². The van der Waals surface area contributed by atoms with E-state index >= 15 is 0 Å². The normalized spacial score (nSPS) is 10.0. The summed E-state index contributed by atoms with van der Waals surface area (Å²) >= 11 is 5.91. The lowest BCUT2D eigenvalue weighted by molar-refractivity contribution is -0.384. The van der Waals surface area contributed by atoms with Crippen molar-refractivity contribution in [3.05, 3.63) is 57.2 Å². The van der Waals surface area contributed by atoms with Crippen LogP contribution in [0, 0.1) is 10.1 Å². The topological polar surface area (TPSA) is 97.2 Å². The Kier molecular flexibility index (Phi) is 4.34. The molecule has 7 nitrogen and oxygen atoms in total. The zero-order valence-corrected chi connectivity index (χ0v) is 11.7. The highest BCUT2D eigenvalue weighted by Gasteiger charge is 2.17. The van der Waals surface area contributed by atoms with Gasteiger partial charge in [0, 0.05) is 31.1 Å². The van der Waals surface area contributed by atoms with Crippen LogP contribution in [0.3, 0.4) is 0 Å². The molecule has 1 aromatic heterocycles. The summed E-state index contributed by atoms with van der Waals surface area (Å²) in [5, 5.41) is 16.4. The van der Waals surface area contributed by atoms with Crippen LogP contribution in [0.25, 0.3) is 0 Å². The van der Waals surface area contributed by atoms with Crippen LogP contribution in [0.4, 0.5) is 17.2 Å². The first-order chi connectivity index (χ1) is 10.0. The number of halogens is 1. The minimum Gasteiger partial charge on any atom is -0.387 e. The molecule has 0 saturated heterocycles. The summed E-state index contributed by atoms with van der Waals surface area (Å²) in [6, 6.07) is 7.18. The summed E-state index contributed by atoms with van der Waals surface area (Å²) in [6.07, 6.45) is 1.48. The van der Waals surface area contributed by atoms with Gasteiger partial charge in [-0.1, -0.05) is 11.6 Å². The molecule has 0 unspecified atom stereocenters. The number of anilines is 2. The quantitative estimate of drug-likeness (QED) is 0.668. The Morgan fingerprint density at radius 1 is 1.38 bits per heavy atom. The SMILES string of the molecule is CNc1ccc([N+](=O)[O-])cc1C(=O)Nc1ncccc1Cl. The molecule has 0 saturated carbocycles. The number of hydrogen-bond acceptors (Lipinski definition) is 5. The first-order valence-corrected chi connectivity index (χ1v) is 6.29. The number of pyridine rings is 1. The second kappa shape index (κ2) is 6.19. The molecule has 0 aliphatic rings. The fourth-order valence-corrected chi connectivity index (χ4v) is 1.87. The lowest BCUT2D eigenvalue weighted by atomic mass is 10.1. The average molecular weight is 307 g/mol. The number of hydrogen-bond donors (Lipinski definition) is 2. The highest BCUT2D eigenvalue weighted by atomic mass is 35.5. The molecule has 2 rings (SSSR count). The molecule has 1 amide bonds. The molecule has 8 heteroatoms. The van der Waals surface area contributed by atoms with Crippen LogP contribution in [0.2, 0.25) is 5.02 Å². The second-order valence-corrected chi connectivity index (χ2v) is 4.43. The van der Waals surface area contributed by atoms with Crippen molar-refractivity contribution in [1.29, 1.82) is 0 Å². The molecule has 21 heavy (non-hydrogen) atoms. The van der Waals surface area contributed by atoms with Crippen molar-refractivity contribution in [2.24, 2.45) is 0 Å². The number of nitro groups is 1. The van der Waals surface area contributed by atoms with E-state index in [1.165, 1.54) is 24.4 Å². The van der Waals surface area contributed by atoms with E-state index < -0.39 is 10.8 Å². The number of rotatable bonds is 4. The van der Waals surface area contributed by atoms with Crippen molar-refractivity contribution in [3.63, 3.8) is 0 Å². The Morgan fingerprint density at radius 2 is 2.14 bits per heavy atom. The molecule has 0 aliphatic carbocycles. The number of carbonyl (C=O) groups is 1. The number of carbonyl (C=O) groups excluding carboxylic acids is 1. The van der Waals surface area contributed by atoms with E-state index in [1.54, 1.807) is 19.2 Å². The lowest BCUT2D eigenvalue weighted by Gasteiger charge is -2.10. The molecule has 0 bridgehead atoms. The van der Waals surface area contributed by atoms with Gasteiger partial charge in [-0.3, -0.25) is 14.9 Å². The number of nitro benzene ring substituents is 1. The van der Waals surface area contributed by atoms with E-state index in [9.17, 15) is 14.9 Å². The molecule has 2 aromatic rings. The first-order valence-electron chi connectivity index (χ1n) is 5.91. The molecule has 2 N–H and O–H groups in total. The van der Waals surface area contributed by atoms with E-state index in [1.807, 2.05) is 0 Å². The molecule has 0 atom stereocenters. The summed E-state index contributed by atoms with van der Waals surface area (Å²) < 4.78 is 0. The molecule has 0 aliphatic heterocycles. The standard InChI is InChI=1S/C13H11ClN4O3/c1-15-11-5-4-8(18(20)21)7-9(11)13(19)17-12-10(14)3-2-6-16-12/h2-7,15H,1H3,(H,16,17,19). The highest BCUT2D eigenvalue weighted by Crippen LogP contribution is 2.24. The Balaban J connectivity index is 2.36. The number of nitrogens with zero attached hydrogens (tertiary/aromatic N) is 2. The van der Waals surface area contributed by atoms with E-state index in [2.05, 4.69) is 15.6 Å². The maximum atomic E-state index is 12.2. The molecule has 0 radical (unpaired) electrons. The monoisotopic (exact) mass is 306 g/mol. The third kappa shape index (κ3) is 3.26. The van der Waals surface area contributed by atoms with Gasteiger partial charge >= 0.3 is 0 Å². The van der Waals surface area contributed by atoms with Crippen molar-refractivity contribution in [2.45, 2.75) is 0 Å². The van der Waals surface area contributed by atoms with Crippen LogP contribution in [0.15, 0.2) is 36.5 Å². The summed E-state index contributed by atoms with van der Waals surface area (Å²) in [7, 11) is 1.62. The van der Waals surface area contributed by atoms with Gasteiger partial charge in [0.05, 0.1) is 15.5 Å². The van der Waals surface area contributed by atoms with Gasteiger partial charge in [-0.2, -0.15) is 0 Å². The van der Waals surface area contributed by atoms with Crippen LogP contribution < -0.4 is 10.6 Å². The van der Waals surface area contributed by atoms with Crippen molar-refractivity contribution >= 4 is 34.7 Å². The van der Waals surface area contributed by atoms with Gasteiger partial charge in [0.15, 0.2) is 5.82 Å².